The summed E-state index contributed by atoms with van der Waals surface area (Å²) in [5, 5.41) is 34.0. The van der Waals surface area contributed by atoms with Gasteiger partial charge in [-0.05, 0) is 0 Å². The molecule has 0 unspecified atom stereocenters. The van der Waals surface area contributed by atoms with Crippen LogP contribution >= 0.6 is 0 Å². The second-order valence-electron chi connectivity index (χ2n) is 6.32. The van der Waals surface area contributed by atoms with Gasteiger partial charge in [0, 0.05) is 0 Å². The average Bonchev–Trinajstić information content (AvgIpc) is 3.25. The number of aliphatic hydroxyl groups is 2. The van der Waals surface area contributed by atoms with E-state index >= 15 is 0 Å². The van der Waals surface area contributed by atoms with Gasteiger partial charge in [0.1, 0.15) is 23.5 Å². The molecule has 0 aliphatic heterocycles. The summed E-state index contributed by atoms with van der Waals surface area (Å²) >= 11 is -0.816. The number of rotatable bonds is 6. The summed E-state index contributed by atoms with van der Waals surface area (Å²) in [4.78, 5) is 23.0. The van der Waals surface area contributed by atoms with Crippen LogP contribution in [0.2, 0.25) is 0 Å². The van der Waals surface area contributed by atoms with Crippen molar-refractivity contribution in [3.05, 3.63) is 67.0 Å². The summed E-state index contributed by atoms with van der Waals surface area (Å²) in [6.45, 7) is 5.30. The van der Waals surface area contributed by atoms with Crippen LogP contribution in [0.3, 0.4) is 0 Å². The van der Waals surface area contributed by atoms with Crippen LogP contribution in [0.1, 0.15) is 12.8 Å². The van der Waals surface area contributed by atoms with E-state index in [1.807, 2.05) is 0 Å². The van der Waals surface area contributed by atoms with Crippen LogP contribution in [0, 0.1) is 0 Å². The molecule has 2 aliphatic carbocycles. The third-order valence-electron chi connectivity index (χ3n) is 3.55. The summed E-state index contributed by atoms with van der Waals surface area (Å²) in [7, 11) is 8.62. The van der Waals surface area contributed by atoms with Crippen molar-refractivity contribution in [2.75, 3.05) is 28.2 Å². The number of nitrogens with zero attached hydrogens (tertiary/aromatic N) is 2. The molecule has 0 fully saturated rings. The van der Waals surface area contributed by atoms with Gasteiger partial charge in [0.25, 0.3) is 0 Å². The van der Waals surface area contributed by atoms with Crippen LogP contribution in [0.5, 0.6) is 0 Å². The molecule has 0 saturated carbocycles. The summed E-state index contributed by atoms with van der Waals surface area (Å²) in [6, 6.07) is 0. The Labute approximate surface area is 182 Å². The Morgan fingerprint density at radius 2 is 1.14 bits per heavy atom. The van der Waals surface area contributed by atoms with Crippen molar-refractivity contribution >= 4 is 11.9 Å². The Kier molecular flexibility index (Phi) is 11.7. The number of carbonyl (C=O) groups excluding carboxylic acids is 2. The van der Waals surface area contributed by atoms with Crippen LogP contribution < -0.4 is 10.2 Å². The van der Waals surface area contributed by atoms with E-state index in [1.54, 1.807) is 6.66 Å². The Balaban J connectivity index is 0.000000542. The molecule has 0 amide bonds. The van der Waals surface area contributed by atoms with E-state index in [2.05, 4.69) is 75.5 Å². The zero-order chi connectivity index (χ0) is 22.7. The van der Waals surface area contributed by atoms with E-state index in [0.717, 1.165) is 0 Å². The SMILES string of the molecule is C=C(O)C(=O)[O-].C=C(O)C(=O)[O-].CN(C)C1=[C]([Hf+2][C]2=C(N(C)C)C=CC2)CC=C1. The molecule has 0 heterocycles. The van der Waals surface area contributed by atoms with Crippen molar-refractivity contribution in [2.24, 2.45) is 0 Å². The first kappa shape index (κ1) is 26.5. The quantitative estimate of drug-likeness (QED) is 0.263. The molecule has 29 heavy (non-hydrogen) atoms. The minimum atomic E-state index is -1.63. The van der Waals surface area contributed by atoms with Gasteiger partial charge >= 0.3 is 116 Å². The molecule has 0 atom stereocenters. The van der Waals surface area contributed by atoms with Crippen LogP contribution in [0.4, 0.5) is 0 Å². The van der Waals surface area contributed by atoms with E-state index in [9.17, 15) is 19.8 Å². The van der Waals surface area contributed by atoms with Gasteiger partial charge in [-0.15, -0.1) is 0 Å². The number of hydrogen-bond acceptors (Lipinski definition) is 8. The predicted octanol–water partition coefficient (Wildman–Crippen LogP) is 0.151. The summed E-state index contributed by atoms with van der Waals surface area (Å²) in [5.74, 6) is -5.13. The third-order valence-corrected chi connectivity index (χ3v) is 9.03. The Hall–Kier alpha value is -2.55. The van der Waals surface area contributed by atoms with Gasteiger partial charge in [0.15, 0.2) is 0 Å². The van der Waals surface area contributed by atoms with Crippen molar-refractivity contribution in [1.82, 2.24) is 9.80 Å². The normalized spacial score (nSPS) is 13.7. The maximum absolute atomic E-state index is 9.24. The number of allylic oxidation sites excluding steroid dienone is 6. The molecule has 0 radical (unpaired) electrons. The first-order valence-corrected chi connectivity index (χ1v) is 12.1. The molecule has 2 aliphatic rings. The molecule has 2 N–H and O–H groups in total. The topological polar surface area (TPSA) is 127 Å². The molecular weight excluding hydrogens is 543 g/mol. The van der Waals surface area contributed by atoms with Crippen LogP contribution in [-0.2, 0) is 32.5 Å². The molecule has 9 heteroatoms. The Morgan fingerprint density at radius 3 is 1.34 bits per heavy atom. The minimum absolute atomic E-state index is 0.816. The molecular formula is C20H26HfN2O6. The van der Waals surface area contributed by atoms with E-state index in [1.165, 1.54) is 24.2 Å². The molecule has 0 spiro atoms. The van der Waals surface area contributed by atoms with Crippen molar-refractivity contribution in [1.29, 1.82) is 0 Å². The molecule has 0 aromatic heterocycles. The molecule has 0 bridgehead atoms. The number of carboxylic acids is 2. The molecule has 2 rings (SSSR count). The monoisotopic (exact) mass is 570 g/mol. The number of hydrogen-bond donors (Lipinski definition) is 2. The number of carbonyl (C=O) groups is 2. The fourth-order valence-corrected chi connectivity index (χ4v) is 8.25. The van der Waals surface area contributed by atoms with E-state index < -0.39 is 46.4 Å². The molecule has 156 valence electrons. The van der Waals surface area contributed by atoms with Gasteiger partial charge in [0.05, 0.1) is 0 Å². The number of likely N-dealkylation sites (N-methyl/N-ethyl adjacent to an activating group) is 2. The summed E-state index contributed by atoms with van der Waals surface area (Å²) < 4.78 is 3.49. The Morgan fingerprint density at radius 1 is 0.862 bits per heavy atom. The van der Waals surface area contributed by atoms with E-state index in [4.69, 9.17) is 10.2 Å². The maximum atomic E-state index is 9.24. The number of aliphatic hydroxyl groups excluding tert-OH is 2. The van der Waals surface area contributed by atoms with Gasteiger partial charge < -0.3 is 30.0 Å². The summed E-state index contributed by atoms with van der Waals surface area (Å²) in [6.07, 6.45) is 11.6. The molecule has 0 aromatic rings. The zero-order valence-corrected chi connectivity index (χ0v) is 20.7. The van der Waals surface area contributed by atoms with E-state index in [-0.39, 0.29) is 0 Å². The number of aliphatic carboxylic acids is 2. The van der Waals surface area contributed by atoms with Crippen molar-refractivity contribution in [3.63, 3.8) is 0 Å². The zero-order valence-electron chi connectivity index (χ0n) is 17.1. The predicted molar refractivity (Wildman–Crippen MR) is 102 cm³/mol. The molecule has 0 saturated heterocycles. The van der Waals surface area contributed by atoms with Gasteiger partial charge in [-0.3, -0.25) is 0 Å². The van der Waals surface area contributed by atoms with Crippen LogP contribution in [-0.4, -0.2) is 60.1 Å². The molecule has 8 nitrogen and oxygen atoms in total. The average molecular weight is 569 g/mol. The standard InChI is InChI=1S/2C7H10N.2C3H4O3.Hf/c2*1-8(2)7-5-3-4-6-7;2*1-2(4)3(5)6;/h2*3,5H,4H2,1-2H3;2*4H,1H2,(H,5,6);/q;;;;+2/p-2. The van der Waals surface area contributed by atoms with Gasteiger partial charge in [-0.2, -0.15) is 0 Å². The second kappa shape index (κ2) is 12.8. The summed E-state index contributed by atoms with van der Waals surface area (Å²) in [5.41, 5.74) is 2.96. The molecule has 0 aromatic carbocycles. The van der Waals surface area contributed by atoms with Crippen LogP contribution in [0.15, 0.2) is 67.0 Å². The van der Waals surface area contributed by atoms with Crippen molar-refractivity contribution in [2.45, 2.75) is 12.8 Å². The van der Waals surface area contributed by atoms with E-state index in [0.29, 0.717) is 0 Å². The Bertz CT molecular complexity index is 688. The first-order chi connectivity index (χ1) is 13.4. The second-order valence-corrected chi connectivity index (χ2v) is 11.6. The number of carboxylic acid groups (broad SMARTS) is 2. The fourth-order valence-electron chi connectivity index (χ4n) is 2.24. The van der Waals surface area contributed by atoms with Gasteiger partial charge in [-0.25, -0.2) is 0 Å². The van der Waals surface area contributed by atoms with Crippen LogP contribution in [0.25, 0.3) is 0 Å². The van der Waals surface area contributed by atoms with Gasteiger partial charge in [0.2, 0.25) is 0 Å². The van der Waals surface area contributed by atoms with Gasteiger partial charge in [-0.1, -0.05) is 13.2 Å². The fraction of sp³-hybridized carbons (Fsp3) is 0.300. The van der Waals surface area contributed by atoms with Crippen molar-refractivity contribution in [3.8, 4) is 0 Å². The van der Waals surface area contributed by atoms with Crippen molar-refractivity contribution < 1.29 is 52.9 Å². The third kappa shape index (κ3) is 9.98. The first-order valence-electron chi connectivity index (χ1n) is 8.47.